The summed E-state index contributed by atoms with van der Waals surface area (Å²) in [5.74, 6) is -0.478. The molecule has 0 radical (unpaired) electrons. The zero-order valence-corrected chi connectivity index (χ0v) is 9.27. The Balaban J connectivity index is 3.06. The summed E-state index contributed by atoms with van der Waals surface area (Å²) in [6.45, 7) is -0.0886. The smallest absolute Gasteiger partial charge is 0.330 e. The molecule has 88 valence electrons. The van der Waals surface area contributed by atoms with Crippen LogP contribution >= 0.6 is 0 Å². The molecule has 3 N–H and O–H groups in total. The van der Waals surface area contributed by atoms with Gasteiger partial charge in [0.05, 0.1) is 13.7 Å². The summed E-state index contributed by atoms with van der Waals surface area (Å²) in [5, 5.41) is 9.11. The normalized spacial score (nSPS) is 14.2. The second-order valence-electron chi connectivity index (χ2n) is 3.44. The van der Waals surface area contributed by atoms with E-state index in [1.807, 2.05) is 0 Å². The number of ether oxygens (including phenoxy) is 2. The lowest BCUT2D eigenvalue weighted by atomic mass is 9.92. The summed E-state index contributed by atoms with van der Waals surface area (Å²) in [7, 11) is 2.95. The van der Waals surface area contributed by atoms with E-state index < -0.39 is 11.5 Å². The fourth-order valence-electron chi connectivity index (χ4n) is 1.38. The number of nitrogens with two attached hydrogens (primary N) is 1. The van der Waals surface area contributed by atoms with Crippen LogP contribution in [0.15, 0.2) is 24.3 Å². The highest BCUT2D eigenvalue weighted by Crippen LogP contribution is 2.22. The van der Waals surface area contributed by atoms with Gasteiger partial charge in [0.15, 0.2) is 5.54 Å². The van der Waals surface area contributed by atoms with Crippen molar-refractivity contribution in [2.45, 2.75) is 5.54 Å². The number of benzene rings is 1. The average Bonchev–Trinajstić information content (AvgIpc) is 2.29. The summed E-state index contributed by atoms with van der Waals surface area (Å²) in [5.41, 5.74) is 4.75. The number of methoxy groups -OCH3 is 2. The van der Waals surface area contributed by atoms with E-state index in [9.17, 15) is 4.79 Å². The van der Waals surface area contributed by atoms with Crippen molar-refractivity contribution in [3.8, 4) is 5.75 Å². The SMILES string of the molecule is COCC(N)(C(=O)O)c1ccc(OC)cc1. The van der Waals surface area contributed by atoms with Gasteiger partial charge >= 0.3 is 5.97 Å². The van der Waals surface area contributed by atoms with E-state index >= 15 is 0 Å². The number of carboxylic acids is 1. The van der Waals surface area contributed by atoms with Crippen LogP contribution in [0.4, 0.5) is 0 Å². The maximum Gasteiger partial charge on any atom is 0.330 e. The minimum absolute atomic E-state index is 0.0886. The molecule has 0 aromatic heterocycles. The molecule has 1 atom stereocenters. The number of rotatable bonds is 5. The van der Waals surface area contributed by atoms with Crippen LogP contribution in [0.5, 0.6) is 5.75 Å². The van der Waals surface area contributed by atoms with Gasteiger partial charge in [-0.15, -0.1) is 0 Å². The molecule has 0 aliphatic heterocycles. The highest BCUT2D eigenvalue weighted by atomic mass is 16.5. The Morgan fingerprint density at radius 1 is 1.38 bits per heavy atom. The van der Waals surface area contributed by atoms with Crippen molar-refractivity contribution in [1.29, 1.82) is 0 Å². The largest absolute Gasteiger partial charge is 0.497 e. The highest BCUT2D eigenvalue weighted by molar-refractivity contribution is 5.80. The molecule has 0 aliphatic carbocycles. The summed E-state index contributed by atoms with van der Waals surface area (Å²) >= 11 is 0. The van der Waals surface area contributed by atoms with E-state index in [-0.39, 0.29) is 6.61 Å². The number of carboxylic acid groups (broad SMARTS) is 1. The van der Waals surface area contributed by atoms with Gasteiger partial charge in [-0.05, 0) is 17.7 Å². The van der Waals surface area contributed by atoms with Crippen molar-refractivity contribution >= 4 is 5.97 Å². The summed E-state index contributed by atoms with van der Waals surface area (Å²) < 4.78 is 9.82. The van der Waals surface area contributed by atoms with E-state index in [0.717, 1.165) is 0 Å². The van der Waals surface area contributed by atoms with Crippen molar-refractivity contribution in [2.24, 2.45) is 5.73 Å². The molecular formula is C11H15NO4. The van der Waals surface area contributed by atoms with E-state index in [0.29, 0.717) is 11.3 Å². The lowest BCUT2D eigenvalue weighted by Gasteiger charge is -2.24. The zero-order chi connectivity index (χ0) is 12.2. The fourth-order valence-corrected chi connectivity index (χ4v) is 1.38. The number of carbonyl (C=O) groups is 1. The molecule has 1 rings (SSSR count). The fraction of sp³-hybridized carbons (Fsp3) is 0.364. The predicted molar refractivity (Wildman–Crippen MR) is 58.4 cm³/mol. The molecule has 5 nitrogen and oxygen atoms in total. The van der Waals surface area contributed by atoms with Crippen molar-refractivity contribution in [2.75, 3.05) is 20.8 Å². The molecule has 0 saturated heterocycles. The minimum atomic E-state index is -1.53. The molecule has 0 heterocycles. The van der Waals surface area contributed by atoms with Gasteiger partial charge < -0.3 is 20.3 Å². The van der Waals surface area contributed by atoms with Crippen LogP contribution in [0.2, 0.25) is 0 Å². The van der Waals surface area contributed by atoms with Gasteiger partial charge in [-0.25, -0.2) is 4.79 Å². The molecule has 0 aliphatic rings. The maximum atomic E-state index is 11.1. The summed E-state index contributed by atoms with van der Waals surface area (Å²) in [6, 6.07) is 6.56. The Labute approximate surface area is 93.8 Å². The van der Waals surface area contributed by atoms with Crippen molar-refractivity contribution in [3.63, 3.8) is 0 Å². The van der Waals surface area contributed by atoms with Gasteiger partial charge in [0.25, 0.3) is 0 Å². The number of hydrogen-bond donors (Lipinski definition) is 2. The van der Waals surface area contributed by atoms with Gasteiger partial charge in [0.2, 0.25) is 0 Å². The average molecular weight is 225 g/mol. The Morgan fingerprint density at radius 3 is 2.31 bits per heavy atom. The number of aliphatic carboxylic acids is 1. The summed E-state index contributed by atoms with van der Waals surface area (Å²) in [6.07, 6.45) is 0. The Morgan fingerprint density at radius 2 is 1.94 bits per heavy atom. The molecule has 16 heavy (non-hydrogen) atoms. The second-order valence-corrected chi connectivity index (χ2v) is 3.44. The van der Waals surface area contributed by atoms with Crippen molar-refractivity contribution < 1.29 is 19.4 Å². The van der Waals surface area contributed by atoms with Gasteiger partial charge in [-0.2, -0.15) is 0 Å². The van der Waals surface area contributed by atoms with Crippen molar-refractivity contribution in [3.05, 3.63) is 29.8 Å². The third-order valence-corrected chi connectivity index (χ3v) is 2.36. The van der Waals surface area contributed by atoms with Crippen molar-refractivity contribution in [1.82, 2.24) is 0 Å². The maximum absolute atomic E-state index is 11.1. The molecule has 0 saturated carbocycles. The first-order valence-corrected chi connectivity index (χ1v) is 4.70. The quantitative estimate of drug-likeness (QED) is 0.766. The first-order chi connectivity index (χ1) is 7.54. The minimum Gasteiger partial charge on any atom is -0.497 e. The molecule has 1 aromatic carbocycles. The molecule has 5 heteroatoms. The van der Waals surface area contributed by atoms with Gasteiger partial charge in [-0.1, -0.05) is 12.1 Å². The van der Waals surface area contributed by atoms with Gasteiger partial charge in [0.1, 0.15) is 5.75 Å². The lowest BCUT2D eigenvalue weighted by molar-refractivity contribution is -0.145. The molecular weight excluding hydrogens is 210 g/mol. The first-order valence-electron chi connectivity index (χ1n) is 4.70. The predicted octanol–water partition coefficient (Wildman–Crippen LogP) is 0.580. The number of hydrogen-bond acceptors (Lipinski definition) is 4. The molecule has 0 fully saturated rings. The monoisotopic (exact) mass is 225 g/mol. The van der Waals surface area contributed by atoms with Crippen LogP contribution in [-0.4, -0.2) is 31.9 Å². The van der Waals surface area contributed by atoms with Crippen LogP contribution in [0.1, 0.15) is 5.56 Å². The van der Waals surface area contributed by atoms with Gasteiger partial charge in [0, 0.05) is 7.11 Å². The van der Waals surface area contributed by atoms with Crippen LogP contribution in [0.3, 0.4) is 0 Å². The van der Waals surface area contributed by atoms with Crippen LogP contribution in [0, 0.1) is 0 Å². The van der Waals surface area contributed by atoms with Crippen LogP contribution < -0.4 is 10.5 Å². The highest BCUT2D eigenvalue weighted by Gasteiger charge is 2.36. The van der Waals surface area contributed by atoms with Crippen LogP contribution in [-0.2, 0) is 15.1 Å². The zero-order valence-electron chi connectivity index (χ0n) is 9.27. The lowest BCUT2D eigenvalue weighted by Crippen LogP contribution is -2.48. The third kappa shape index (κ3) is 2.32. The van der Waals surface area contributed by atoms with Crippen LogP contribution in [0.25, 0.3) is 0 Å². The molecule has 1 aromatic rings. The summed E-state index contributed by atoms with van der Waals surface area (Å²) in [4.78, 5) is 11.1. The Kier molecular flexibility index (Phi) is 3.87. The second kappa shape index (κ2) is 4.96. The topological polar surface area (TPSA) is 81.8 Å². The Hall–Kier alpha value is -1.59. The van der Waals surface area contributed by atoms with E-state index in [2.05, 4.69) is 0 Å². The first kappa shape index (κ1) is 12.5. The molecule has 0 amide bonds. The Bertz CT molecular complexity index is 363. The molecule has 0 spiro atoms. The van der Waals surface area contributed by atoms with E-state index in [1.165, 1.54) is 14.2 Å². The molecule has 0 bridgehead atoms. The van der Waals surface area contributed by atoms with Gasteiger partial charge in [-0.3, -0.25) is 0 Å². The van der Waals surface area contributed by atoms with E-state index in [4.69, 9.17) is 20.3 Å². The standard InChI is InChI=1S/C11H15NO4/c1-15-7-11(12,10(13)14)8-3-5-9(16-2)6-4-8/h3-6H,7,12H2,1-2H3,(H,13,14). The van der Waals surface area contributed by atoms with E-state index in [1.54, 1.807) is 24.3 Å². The molecule has 1 unspecified atom stereocenters. The third-order valence-electron chi connectivity index (χ3n) is 2.36.